The summed E-state index contributed by atoms with van der Waals surface area (Å²) in [4.78, 5) is 12.2. The van der Waals surface area contributed by atoms with Crippen molar-refractivity contribution in [1.82, 2.24) is 0 Å². The van der Waals surface area contributed by atoms with E-state index in [4.69, 9.17) is 23.2 Å². The van der Waals surface area contributed by atoms with E-state index in [1.54, 1.807) is 36.4 Å². The molecule has 1 N–H and O–H groups in total. The first-order valence-corrected chi connectivity index (χ1v) is 7.81. The van der Waals surface area contributed by atoms with Crippen LogP contribution in [0.4, 0.5) is 5.69 Å². The van der Waals surface area contributed by atoms with E-state index in [2.05, 4.69) is 43.8 Å². The molecule has 98 valence electrons. The third kappa shape index (κ3) is 3.84. The van der Waals surface area contributed by atoms with Gasteiger partial charge < -0.3 is 5.32 Å². The third-order valence-corrected chi connectivity index (χ3v) is 4.74. The lowest BCUT2D eigenvalue weighted by molar-refractivity contribution is 0.102. The largest absolute Gasteiger partial charge is 0.322 e. The van der Waals surface area contributed by atoms with Crippen LogP contribution < -0.4 is 5.32 Å². The molecule has 0 saturated carbocycles. The van der Waals surface area contributed by atoms with Gasteiger partial charge in [0.1, 0.15) is 0 Å². The summed E-state index contributed by atoms with van der Waals surface area (Å²) in [5.41, 5.74) is 1.20. The molecule has 0 bridgehead atoms. The number of halogens is 4. The standard InChI is InChI=1S/C13H7BrCl2INO/c14-10-6-8(2-3-11(10)16)18-13(19)9-5-7(15)1-4-12(9)17/h1-6H,(H,18,19). The van der Waals surface area contributed by atoms with Crippen LogP contribution in [0.3, 0.4) is 0 Å². The Kier molecular flexibility index (Phi) is 5.11. The average Bonchev–Trinajstić information content (AvgIpc) is 2.36. The quantitative estimate of drug-likeness (QED) is 0.568. The maximum Gasteiger partial charge on any atom is 0.256 e. The van der Waals surface area contributed by atoms with E-state index in [0.29, 0.717) is 21.3 Å². The summed E-state index contributed by atoms with van der Waals surface area (Å²) < 4.78 is 1.57. The molecule has 0 aliphatic heterocycles. The lowest BCUT2D eigenvalue weighted by atomic mass is 10.2. The number of anilines is 1. The highest BCUT2D eigenvalue weighted by atomic mass is 127. The first-order valence-electron chi connectivity index (χ1n) is 5.19. The van der Waals surface area contributed by atoms with E-state index in [1.165, 1.54) is 0 Å². The second-order valence-corrected chi connectivity index (χ2v) is 6.57. The Morgan fingerprint density at radius 1 is 1.16 bits per heavy atom. The van der Waals surface area contributed by atoms with E-state index in [0.717, 1.165) is 8.04 Å². The molecule has 2 nitrogen and oxygen atoms in total. The monoisotopic (exact) mass is 469 g/mol. The van der Waals surface area contributed by atoms with Gasteiger partial charge in [0.15, 0.2) is 0 Å². The maximum atomic E-state index is 12.2. The van der Waals surface area contributed by atoms with Gasteiger partial charge in [0.25, 0.3) is 5.91 Å². The zero-order valence-corrected chi connectivity index (χ0v) is 14.6. The Labute approximate surface area is 142 Å². The molecule has 0 radical (unpaired) electrons. The number of nitrogens with one attached hydrogen (secondary N) is 1. The van der Waals surface area contributed by atoms with Gasteiger partial charge in [0, 0.05) is 18.8 Å². The van der Waals surface area contributed by atoms with Crippen LogP contribution in [-0.4, -0.2) is 5.91 Å². The van der Waals surface area contributed by atoms with E-state index < -0.39 is 0 Å². The summed E-state index contributed by atoms with van der Waals surface area (Å²) in [7, 11) is 0. The van der Waals surface area contributed by atoms with Gasteiger partial charge in [-0.1, -0.05) is 23.2 Å². The van der Waals surface area contributed by atoms with Gasteiger partial charge in [-0.3, -0.25) is 4.79 Å². The van der Waals surface area contributed by atoms with Crippen molar-refractivity contribution in [2.24, 2.45) is 0 Å². The number of amides is 1. The van der Waals surface area contributed by atoms with Crippen molar-refractivity contribution < 1.29 is 4.79 Å². The number of hydrogen-bond donors (Lipinski definition) is 1. The molecule has 6 heteroatoms. The molecule has 0 saturated heterocycles. The summed E-state index contributed by atoms with van der Waals surface area (Å²) in [6.07, 6.45) is 0. The van der Waals surface area contributed by atoms with Gasteiger partial charge in [-0.2, -0.15) is 0 Å². The second kappa shape index (κ2) is 6.43. The van der Waals surface area contributed by atoms with Crippen LogP contribution in [0.15, 0.2) is 40.9 Å². The van der Waals surface area contributed by atoms with E-state index in [9.17, 15) is 4.79 Å². The van der Waals surface area contributed by atoms with Crippen molar-refractivity contribution in [2.75, 3.05) is 5.32 Å². The SMILES string of the molecule is O=C(Nc1ccc(Cl)c(Br)c1)c1cc(Cl)ccc1I. The summed E-state index contributed by atoms with van der Waals surface area (Å²) in [6.45, 7) is 0. The zero-order valence-electron chi connectivity index (χ0n) is 9.38. The highest BCUT2D eigenvalue weighted by Crippen LogP contribution is 2.26. The van der Waals surface area contributed by atoms with Gasteiger partial charge in [0.05, 0.1) is 10.6 Å². The van der Waals surface area contributed by atoms with Crippen LogP contribution >= 0.6 is 61.7 Å². The number of carbonyl (C=O) groups is 1. The van der Waals surface area contributed by atoms with Crippen LogP contribution in [-0.2, 0) is 0 Å². The molecule has 2 aromatic rings. The fourth-order valence-electron chi connectivity index (χ4n) is 1.44. The molecule has 19 heavy (non-hydrogen) atoms. The Morgan fingerprint density at radius 3 is 2.58 bits per heavy atom. The lowest BCUT2D eigenvalue weighted by Gasteiger charge is -2.08. The van der Waals surface area contributed by atoms with Crippen molar-refractivity contribution in [3.8, 4) is 0 Å². The van der Waals surface area contributed by atoms with Crippen LogP contribution in [0.2, 0.25) is 10.0 Å². The molecule has 0 fully saturated rings. The molecular weight excluding hydrogens is 464 g/mol. The van der Waals surface area contributed by atoms with Crippen LogP contribution in [0.25, 0.3) is 0 Å². The van der Waals surface area contributed by atoms with Crippen LogP contribution in [0.5, 0.6) is 0 Å². The van der Waals surface area contributed by atoms with Crippen LogP contribution in [0, 0.1) is 3.57 Å². The zero-order chi connectivity index (χ0) is 14.0. The van der Waals surface area contributed by atoms with Gasteiger partial charge in [-0.15, -0.1) is 0 Å². The fraction of sp³-hybridized carbons (Fsp3) is 0. The molecular formula is C13H7BrCl2INO. The Morgan fingerprint density at radius 2 is 1.89 bits per heavy atom. The minimum Gasteiger partial charge on any atom is -0.322 e. The summed E-state index contributed by atoms with van der Waals surface area (Å²) >= 11 is 17.2. The number of carbonyl (C=O) groups excluding carboxylic acids is 1. The van der Waals surface area contributed by atoms with Crippen molar-refractivity contribution in [3.63, 3.8) is 0 Å². The molecule has 2 rings (SSSR count). The number of hydrogen-bond acceptors (Lipinski definition) is 1. The molecule has 0 spiro atoms. The van der Waals surface area contributed by atoms with Gasteiger partial charge in [0.2, 0.25) is 0 Å². The van der Waals surface area contributed by atoms with Crippen molar-refractivity contribution in [3.05, 3.63) is 60.0 Å². The van der Waals surface area contributed by atoms with Crippen molar-refractivity contribution in [1.29, 1.82) is 0 Å². The average molecular weight is 471 g/mol. The fourth-order valence-corrected chi connectivity index (χ4v) is 2.69. The normalized spacial score (nSPS) is 10.3. The first-order chi connectivity index (χ1) is 8.97. The Hall–Kier alpha value is -0.300. The van der Waals surface area contributed by atoms with Crippen molar-refractivity contribution >= 4 is 73.3 Å². The molecule has 1 amide bonds. The highest BCUT2D eigenvalue weighted by molar-refractivity contribution is 14.1. The molecule has 0 aromatic heterocycles. The summed E-state index contributed by atoms with van der Waals surface area (Å²) in [5, 5.41) is 3.93. The van der Waals surface area contributed by atoms with Crippen LogP contribution in [0.1, 0.15) is 10.4 Å². The molecule has 0 aliphatic rings. The third-order valence-electron chi connectivity index (χ3n) is 2.35. The predicted octanol–water partition coefficient (Wildman–Crippen LogP) is 5.61. The lowest BCUT2D eigenvalue weighted by Crippen LogP contribution is -2.13. The smallest absolute Gasteiger partial charge is 0.256 e. The maximum absolute atomic E-state index is 12.2. The van der Waals surface area contributed by atoms with E-state index >= 15 is 0 Å². The van der Waals surface area contributed by atoms with Gasteiger partial charge in [-0.05, 0) is 74.9 Å². The number of benzene rings is 2. The van der Waals surface area contributed by atoms with Gasteiger partial charge in [-0.25, -0.2) is 0 Å². The van der Waals surface area contributed by atoms with Gasteiger partial charge >= 0.3 is 0 Å². The van der Waals surface area contributed by atoms with Crippen molar-refractivity contribution in [2.45, 2.75) is 0 Å². The summed E-state index contributed by atoms with van der Waals surface area (Å²) in [5.74, 6) is -0.207. The Balaban J connectivity index is 2.25. The minimum absolute atomic E-state index is 0.207. The minimum atomic E-state index is -0.207. The number of rotatable bonds is 2. The Bertz CT molecular complexity index is 649. The van der Waals surface area contributed by atoms with E-state index in [-0.39, 0.29) is 5.91 Å². The highest BCUT2D eigenvalue weighted by Gasteiger charge is 2.11. The summed E-state index contributed by atoms with van der Waals surface area (Å²) in [6, 6.07) is 10.4. The molecule has 2 aromatic carbocycles. The molecule has 0 heterocycles. The molecule has 0 aliphatic carbocycles. The molecule has 0 unspecified atom stereocenters. The van der Waals surface area contributed by atoms with E-state index in [1.807, 2.05) is 0 Å². The molecule has 0 atom stereocenters. The first kappa shape index (κ1) is 15.1. The predicted molar refractivity (Wildman–Crippen MR) is 91.3 cm³/mol. The topological polar surface area (TPSA) is 29.1 Å². The second-order valence-electron chi connectivity index (χ2n) is 3.71.